The number of thiophene rings is 1. The van der Waals surface area contributed by atoms with E-state index in [1.54, 1.807) is 17.7 Å². The smallest absolute Gasteiger partial charge is 0.261 e. The van der Waals surface area contributed by atoms with E-state index in [4.69, 9.17) is 24.6 Å². The van der Waals surface area contributed by atoms with Gasteiger partial charge in [0.05, 0.1) is 10.6 Å². The van der Waals surface area contributed by atoms with Gasteiger partial charge in [-0.1, -0.05) is 87.5 Å². The van der Waals surface area contributed by atoms with Gasteiger partial charge < -0.3 is 24.2 Å². The highest BCUT2D eigenvalue weighted by Gasteiger charge is 2.57. The van der Waals surface area contributed by atoms with E-state index in [1.807, 2.05) is 25.6 Å². The Morgan fingerprint density at radius 1 is 0.932 bits per heavy atom. The summed E-state index contributed by atoms with van der Waals surface area (Å²) in [5.41, 5.74) is 8.30. The third-order valence-corrected chi connectivity index (χ3v) is 16.1. The number of anilines is 1. The van der Waals surface area contributed by atoms with Crippen LogP contribution in [0.25, 0.3) is 21.5 Å². The molecule has 0 spiro atoms. The van der Waals surface area contributed by atoms with Gasteiger partial charge in [-0.3, -0.25) is 0 Å². The molecule has 0 amide bonds. The van der Waals surface area contributed by atoms with E-state index < -0.39 is 14.1 Å². The van der Waals surface area contributed by atoms with E-state index in [9.17, 15) is 0 Å². The summed E-state index contributed by atoms with van der Waals surface area (Å²) in [6, 6.07) is 25.7. The summed E-state index contributed by atoms with van der Waals surface area (Å²) in [6.45, 7) is 11.5. The highest BCUT2D eigenvalue weighted by Crippen LogP contribution is 2.53. The Morgan fingerprint density at radius 3 is 2.20 bits per heavy atom. The third kappa shape index (κ3) is 4.92. The second kappa shape index (κ2) is 11.1. The van der Waals surface area contributed by atoms with Crippen LogP contribution in [0.1, 0.15) is 40.0 Å². The molecule has 2 saturated heterocycles. The maximum atomic E-state index is 7.41. The predicted molar refractivity (Wildman–Crippen MR) is 183 cm³/mol. The van der Waals surface area contributed by atoms with Crippen molar-refractivity contribution in [2.24, 2.45) is 0 Å². The molecule has 7 nitrogen and oxygen atoms in total. The molecule has 10 heteroatoms. The second-order valence-electron chi connectivity index (χ2n) is 13.0. The van der Waals surface area contributed by atoms with Crippen molar-refractivity contribution in [3.8, 4) is 10.4 Å². The standard InChI is InChI=1S/C34H38N4O3S2Si/c1-33(2,3)44(22-13-8-6-9-14-22,23-15-10-7-11-16-23)39-20-26-28-29(41-34(4,5)40-28)32(43-26)38-19-24(25-17-12-18-42-25)27-30(35)36-21-37-31(27)38/h6-19,21,26,28-29,32H,20H2,1-5H3,(H2,35,36,37)/t26-,28-,29-,32-/m1/s1. The third-order valence-electron chi connectivity index (χ3n) is 8.71. The largest absolute Gasteiger partial charge is 0.406 e. The first-order chi connectivity index (χ1) is 21.1. The van der Waals surface area contributed by atoms with Crippen LogP contribution in [0, 0.1) is 0 Å². The summed E-state index contributed by atoms with van der Waals surface area (Å²) in [7, 11) is -2.73. The summed E-state index contributed by atoms with van der Waals surface area (Å²) in [4.78, 5) is 10.2. The molecule has 0 saturated carbocycles. The minimum absolute atomic E-state index is 0.0373. The lowest BCUT2D eigenvalue weighted by Gasteiger charge is -2.43. The molecular formula is C34H38N4O3S2Si. The number of nitrogen functional groups attached to an aromatic ring is 1. The quantitative estimate of drug-likeness (QED) is 0.204. The molecule has 3 aromatic heterocycles. The van der Waals surface area contributed by atoms with Crippen molar-refractivity contribution in [3.63, 3.8) is 0 Å². The van der Waals surface area contributed by atoms with Crippen LogP contribution in [-0.2, 0) is 13.9 Å². The topological polar surface area (TPSA) is 84.4 Å². The molecule has 0 aliphatic carbocycles. The number of fused-ring (bicyclic) bond motifs is 2. The molecule has 0 unspecified atom stereocenters. The fourth-order valence-corrected chi connectivity index (χ4v) is 13.9. The minimum Gasteiger partial charge on any atom is -0.406 e. The maximum absolute atomic E-state index is 7.41. The highest BCUT2D eigenvalue weighted by atomic mass is 32.2. The first-order valence-corrected chi connectivity index (χ1v) is 18.7. The molecule has 2 aromatic carbocycles. The molecule has 2 fully saturated rings. The number of rotatable bonds is 7. The summed E-state index contributed by atoms with van der Waals surface area (Å²) in [5, 5.41) is 5.32. The lowest BCUT2D eigenvalue weighted by molar-refractivity contribution is -0.149. The van der Waals surface area contributed by atoms with Crippen LogP contribution < -0.4 is 16.1 Å². The number of benzene rings is 2. The van der Waals surface area contributed by atoms with Crippen LogP contribution in [0.4, 0.5) is 5.82 Å². The molecule has 228 valence electrons. The average Bonchev–Trinajstić information content (AvgIpc) is 3.78. The Hall–Kier alpha value is -2.99. The molecule has 0 radical (unpaired) electrons. The van der Waals surface area contributed by atoms with Crippen molar-refractivity contribution in [3.05, 3.63) is 90.7 Å². The van der Waals surface area contributed by atoms with Crippen molar-refractivity contribution in [2.45, 2.75) is 68.3 Å². The minimum atomic E-state index is -2.73. The lowest BCUT2D eigenvalue weighted by Crippen LogP contribution is -2.67. The first kappa shape index (κ1) is 29.7. The number of nitrogens with zero attached hydrogens (tertiary/aromatic N) is 3. The van der Waals surface area contributed by atoms with Crippen molar-refractivity contribution >= 4 is 58.6 Å². The zero-order valence-electron chi connectivity index (χ0n) is 25.6. The highest BCUT2D eigenvalue weighted by molar-refractivity contribution is 8.00. The van der Waals surface area contributed by atoms with Crippen molar-refractivity contribution in [1.82, 2.24) is 14.5 Å². The summed E-state index contributed by atoms with van der Waals surface area (Å²) in [5.74, 6) is -0.232. The number of hydrogen-bond donors (Lipinski definition) is 1. The second-order valence-corrected chi connectivity index (χ2v) is 19.6. The molecule has 4 atom stereocenters. The van der Waals surface area contributed by atoms with E-state index in [0.29, 0.717) is 12.4 Å². The molecule has 2 aliphatic heterocycles. The van der Waals surface area contributed by atoms with Gasteiger partial charge in [0.2, 0.25) is 0 Å². The first-order valence-electron chi connectivity index (χ1n) is 15.0. The van der Waals surface area contributed by atoms with Crippen LogP contribution in [0.5, 0.6) is 0 Å². The molecule has 5 aromatic rings. The van der Waals surface area contributed by atoms with Gasteiger partial charge in [0.25, 0.3) is 8.32 Å². The molecule has 0 bridgehead atoms. The van der Waals surface area contributed by atoms with Crippen LogP contribution in [-0.4, -0.2) is 52.7 Å². The van der Waals surface area contributed by atoms with Gasteiger partial charge in [-0.25, -0.2) is 9.97 Å². The van der Waals surface area contributed by atoms with Gasteiger partial charge in [-0.05, 0) is 40.7 Å². The van der Waals surface area contributed by atoms with Gasteiger partial charge in [-0.15, -0.1) is 23.1 Å². The Bertz CT molecular complexity index is 1720. The Kier molecular flexibility index (Phi) is 7.50. The number of nitrogens with two attached hydrogens (primary N) is 1. The fourth-order valence-electron chi connectivity index (χ4n) is 6.91. The molecule has 2 aliphatic rings. The van der Waals surface area contributed by atoms with Crippen LogP contribution in [0.15, 0.2) is 90.7 Å². The Morgan fingerprint density at radius 2 is 1.59 bits per heavy atom. The molecule has 2 N–H and O–H groups in total. The van der Waals surface area contributed by atoms with Crippen molar-refractivity contribution in [2.75, 3.05) is 12.3 Å². The van der Waals surface area contributed by atoms with E-state index in [0.717, 1.165) is 21.5 Å². The van der Waals surface area contributed by atoms with Crippen molar-refractivity contribution in [1.29, 1.82) is 0 Å². The van der Waals surface area contributed by atoms with Gasteiger partial charge >= 0.3 is 0 Å². The normalized spacial score (nSPS) is 23.3. The molecule has 44 heavy (non-hydrogen) atoms. The number of thioether (sulfide) groups is 1. The van der Waals surface area contributed by atoms with Gasteiger partial charge in [-0.2, -0.15) is 0 Å². The van der Waals surface area contributed by atoms with Crippen LogP contribution in [0.2, 0.25) is 5.04 Å². The summed E-state index contributed by atoms with van der Waals surface area (Å²) in [6.07, 6.45) is 3.37. The summed E-state index contributed by atoms with van der Waals surface area (Å²) < 4.78 is 22.9. The van der Waals surface area contributed by atoms with Gasteiger partial charge in [0, 0.05) is 23.2 Å². The number of ether oxygens (including phenoxy) is 2. The number of aromatic nitrogens is 3. The zero-order valence-corrected chi connectivity index (χ0v) is 28.3. The van der Waals surface area contributed by atoms with E-state index >= 15 is 0 Å². The van der Waals surface area contributed by atoms with Gasteiger partial charge in [0.1, 0.15) is 35.4 Å². The zero-order chi connectivity index (χ0) is 30.7. The van der Waals surface area contributed by atoms with Crippen LogP contribution in [0.3, 0.4) is 0 Å². The van der Waals surface area contributed by atoms with Crippen LogP contribution >= 0.6 is 23.1 Å². The van der Waals surface area contributed by atoms with E-state index in [1.165, 1.54) is 10.4 Å². The van der Waals surface area contributed by atoms with E-state index in [-0.39, 0.29) is 27.9 Å². The molecular weight excluding hydrogens is 605 g/mol. The average molecular weight is 643 g/mol. The van der Waals surface area contributed by atoms with Crippen molar-refractivity contribution < 1.29 is 13.9 Å². The molecule has 5 heterocycles. The predicted octanol–water partition coefficient (Wildman–Crippen LogP) is 6.45. The molecule has 7 rings (SSSR count). The monoisotopic (exact) mass is 642 g/mol. The number of hydrogen-bond acceptors (Lipinski definition) is 8. The van der Waals surface area contributed by atoms with Gasteiger partial charge in [0.15, 0.2) is 5.79 Å². The fraction of sp³-hybridized carbons (Fsp3) is 0.353. The van der Waals surface area contributed by atoms with E-state index in [2.05, 4.69) is 115 Å². The SMILES string of the molecule is CC1(C)O[C@@H]2[C@H](O1)[C@@H](CO[Si](c1ccccc1)(c1ccccc1)C(C)(C)C)S[C@H]2n1cc(-c2cccs2)c2c(N)ncnc21. The summed E-state index contributed by atoms with van der Waals surface area (Å²) >= 11 is 3.52. The maximum Gasteiger partial charge on any atom is 0.261 e. The Labute approximate surface area is 267 Å². The Balaban J connectivity index is 1.29. The lowest BCUT2D eigenvalue weighted by atomic mass is 10.1.